The molecule has 0 spiro atoms. The molecule has 0 saturated heterocycles. The highest BCUT2D eigenvalue weighted by Gasteiger charge is 1.99. The second kappa shape index (κ2) is 6.52. The first kappa shape index (κ1) is 13.0. The molecule has 0 bridgehead atoms. The summed E-state index contributed by atoms with van der Waals surface area (Å²) in [5.74, 6) is 0.00926. The number of primary amides is 1. The topological polar surface area (TPSA) is 93.5 Å². The normalized spacial score (nSPS) is 11.2. The summed E-state index contributed by atoms with van der Waals surface area (Å²) >= 11 is 0. The minimum Gasteiger partial charge on any atom is -0.370 e. The Balaban J connectivity index is 2.54. The van der Waals surface area contributed by atoms with Gasteiger partial charge in [0.25, 0.3) is 0 Å². The average Bonchev–Trinajstić information content (AvgIpc) is 2.34. The number of aliphatic imine (C=N–C) groups is 1. The zero-order valence-electron chi connectivity index (χ0n) is 9.94. The summed E-state index contributed by atoms with van der Waals surface area (Å²) in [6.07, 6.45) is 1.00. The standard InChI is InChI=1S/C12H18N4O/c1-2-7-15-12(14)16-8-9-3-5-10(6-4-9)11(13)17/h3-6H,2,7-8H2,1H3,(H2,13,17)(H3,14,15,16). The fourth-order valence-corrected chi connectivity index (χ4v) is 1.26. The SMILES string of the molecule is CCCNC(N)=NCc1ccc(C(N)=O)cc1. The fraction of sp³-hybridized carbons (Fsp3) is 0.333. The van der Waals surface area contributed by atoms with E-state index in [9.17, 15) is 4.79 Å². The van der Waals surface area contributed by atoms with Gasteiger partial charge < -0.3 is 16.8 Å². The van der Waals surface area contributed by atoms with Crippen LogP contribution >= 0.6 is 0 Å². The summed E-state index contributed by atoms with van der Waals surface area (Å²) in [5, 5.41) is 2.99. The number of hydrogen-bond acceptors (Lipinski definition) is 2. The van der Waals surface area contributed by atoms with Gasteiger partial charge in [-0.15, -0.1) is 0 Å². The Kier molecular flexibility index (Phi) is 5.00. The monoisotopic (exact) mass is 234 g/mol. The van der Waals surface area contributed by atoms with Crippen LogP contribution in [-0.4, -0.2) is 18.4 Å². The number of amides is 1. The van der Waals surface area contributed by atoms with E-state index >= 15 is 0 Å². The zero-order valence-corrected chi connectivity index (χ0v) is 9.94. The van der Waals surface area contributed by atoms with Crippen LogP contribution in [0.5, 0.6) is 0 Å². The number of benzene rings is 1. The van der Waals surface area contributed by atoms with Crippen molar-refractivity contribution in [3.8, 4) is 0 Å². The van der Waals surface area contributed by atoms with Crippen LogP contribution in [-0.2, 0) is 6.54 Å². The fourth-order valence-electron chi connectivity index (χ4n) is 1.26. The Morgan fingerprint density at radius 1 is 1.29 bits per heavy atom. The molecule has 0 radical (unpaired) electrons. The predicted octanol–water partition coefficient (Wildman–Crippen LogP) is 0.600. The number of hydrogen-bond donors (Lipinski definition) is 3. The quantitative estimate of drug-likeness (QED) is 0.514. The Morgan fingerprint density at radius 3 is 2.47 bits per heavy atom. The van der Waals surface area contributed by atoms with Crippen LogP contribution in [0.3, 0.4) is 0 Å². The highest BCUT2D eigenvalue weighted by Crippen LogP contribution is 2.04. The van der Waals surface area contributed by atoms with E-state index in [2.05, 4.69) is 17.2 Å². The Labute approximate surface area is 101 Å². The lowest BCUT2D eigenvalue weighted by molar-refractivity contribution is 0.100. The van der Waals surface area contributed by atoms with Crippen molar-refractivity contribution in [2.24, 2.45) is 16.5 Å². The second-order valence-electron chi connectivity index (χ2n) is 3.69. The van der Waals surface area contributed by atoms with Gasteiger partial charge in [-0.25, -0.2) is 4.99 Å². The summed E-state index contributed by atoms with van der Waals surface area (Å²) in [7, 11) is 0. The zero-order chi connectivity index (χ0) is 12.7. The van der Waals surface area contributed by atoms with E-state index in [0.717, 1.165) is 18.5 Å². The Bertz CT molecular complexity index is 397. The summed E-state index contributed by atoms with van der Waals surface area (Å²) in [5.41, 5.74) is 12.3. The summed E-state index contributed by atoms with van der Waals surface area (Å²) in [4.78, 5) is 15.0. The molecule has 0 aromatic heterocycles. The third-order valence-corrected chi connectivity index (χ3v) is 2.23. The molecule has 0 saturated carbocycles. The third kappa shape index (κ3) is 4.55. The smallest absolute Gasteiger partial charge is 0.248 e. The van der Waals surface area contributed by atoms with Crippen LogP contribution in [0.4, 0.5) is 0 Å². The average molecular weight is 234 g/mol. The number of nitrogens with zero attached hydrogens (tertiary/aromatic N) is 1. The molecule has 17 heavy (non-hydrogen) atoms. The largest absolute Gasteiger partial charge is 0.370 e. The van der Waals surface area contributed by atoms with Gasteiger partial charge in [-0.2, -0.15) is 0 Å². The van der Waals surface area contributed by atoms with E-state index < -0.39 is 5.91 Å². The van der Waals surface area contributed by atoms with Gasteiger partial charge in [0, 0.05) is 12.1 Å². The van der Waals surface area contributed by atoms with Crippen LogP contribution in [0.1, 0.15) is 29.3 Å². The Hall–Kier alpha value is -2.04. The van der Waals surface area contributed by atoms with Crippen LogP contribution in [0.15, 0.2) is 29.3 Å². The van der Waals surface area contributed by atoms with E-state index in [1.165, 1.54) is 0 Å². The molecule has 1 aromatic carbocycles. The number of carbonyl (C=O) groups excluding carboxylic acids is 1. The van der Waals surface area contributed by atoms with Gasteiger partial charge in [0.15, 0.2) is 5.96 Å². The number of rotatable bonds is 5. The molecule has 1 aromatic rings. The highest BCUT2D eigenvalue weighted by molar-refractivity contribution is 5.92. The second-order valence-corrected chi connectivity index (χ2v) is 3.69. The van der Waals surface area contributed by atoms with E-state index in [1.807, 2.05) is 12.1 Å². The summed E-state index contributed by atoms with van der Waals surface area (Å²) < 4.78 is 0. The van der Waals surface area contributed by atoms with Gasteiger partial charge in [0.2, 0.25) is 5.91 Å². The van der Waals surface area contributed by atoms with Crippen molar-refractivity contribution in [3.63, 3.8) is 0 Å². The lowest BCUT2D eigenvalue weighted by atomic mass is 10.1. The van der Waals surface area contributed by atoms with Gasteiger partial charge in [-0.3, -0.25) is 4.79 Å². The molecule has 5 N–H and O–H groups in total. The highest BCUT2D eigenvalue weighted by atomic mass is 16.1. The lowest BCUT2D eigenvalue weighted by Gasteiger charge is -2.03. The molecule has 5 nitrogen and oxygen atoms in total. The van der Waals surface area contributed by atoms with E-state index in [0.29, 0.717) is 18.1 Å². The molecule has 92 valence electrons. The van der Waals surface area contributed by atoms with Crippen molar-refractivity contribution >= 4 is 11.9 Å². The molecule has 0 atom stereocenters. The molecule has 0 heterocycles. The number of nitrogens with two attached hydrogens (primary N) is 2. The maximum Gasteiger partial charge on any atom is 0.248 e. The molecular weight excluding hydrogens is 216 g/mol. The van der Waals surface area contributed by atoms with Gasteiger partial charge in [0.1, 0.15) is 0 Å². The molecular formula is C12H18N4O. The summed E-state index contributed by atoms with van der Waals surface area (Å²) in [6, 6.07) is 7.00. The van der Waals surface area contributed by atoms with E-state index in [1.54, 1.807) is 12.1 Å². The molecule has 0 aliphatic carbocycles. The predicted molar refractivity (Wildman–Crippen MR) is 68.6 cm³/mol. The van der Waals surface area contributed by atoms with Crippen LogP contribution in [0, 0.1) is 0 Å². The minimum atomic E-state index is -0.427. The molecule has 1 amide bonds. The number of guanidine groups is 1. The molecule has 1 rings (SSSR count). The van der Waals surface area contributed by atoms with Gasteiger partial charge in [-0.1, -0.05) is 19.1 Å². The van der Waals surface area contributed by atoms with Crippen molar-refractivity contribution in [1.29, 1.82) is 0 Å². The van der Waals surface area contributed by atoms with Gasteiger partial charge in [-0.05, 0) is 24.1 Å². The van der Waals surface area contributed by atoms with Gasteiger partial charge in [0.05, 0.1) is 6.54 Å². The van der Waals surface area contributed by atoms with Crippen molar-refractivity contribution in [1.82, 2.24) is 5.32 Å². The van der Waals surface area contributed by atoms with Crippen molar-refractivity contribution in [3.05, 3.63) is 35.4 Å². The molecule has 0 aliphatic rings. The minimum absolute atomic E-state index is 0.427. The van der Waals surface area contributed by atoms with Crippen molar-refractivity contribution in [2.45, 2.75) is 19.9 Å². The lowest BCUT2D eigenvalue weighted by Crippen LogP contribution is -2.32. The number of carbonyl (C=O) groups is 1. The van der Waals surface area contributed by atoms with Crippen molar-refractivity contribution < 1.29 is 4.79 Å². The van der Waals surface area contributed by atoms with Gasteiger partial charge >= 0.3 is 0 Å². The Morgan fingerprint density at radius 2 is 1.94 bits per heavy atom. The maximum atomic E-state index is 10.9. The van der Waals surface area contributed by atoms with E-state index in [-0.39, 0.29) is 0 Å². The summed E-state index contributed by atoms with van der Waals surface area (Å²) in [6.45, 7) is 3.36. The molecule has 0 fully saturated rings. The first-order valence-electron chi connectivity index (χ1n) is 5.56. The molecule has 0 unspecified atom stereocenters. The third-order valence-electron chi connectivity index (χ3n) is 2.23. The maximum absolute atomic E-state index is 10.9. The van der Waals surface area contributed by atoms with Crippen LogP contribution in [0.25, 0.3) is 0 Å². The van der Waals surface area contributed by atoms with E-state index in [4.69, 9.17) is 11.5 Å². The first-order valence-corrected chi connectivity index (χ1v) is 5.56. The van der Waals surface area contributed by atoms with Crippen molar-refractivity contribution in [2.75, 3.05) is 6.54 Å². The number of nitrogens with one attached hydrogen (secondary N) is 1. The van der Waals surface area contributed by atoms with Crippen LogP contribution < -0.4 is 16.8 Å². The van der Waals surface area contributed by atoms with Crippen LogP contribution in [0.2, 0.25) is 0 Å². The molecule has 0 aliphatic heterocycles. The first-order chi connectivity index (χ1) is 8.13. The molecule has 5 heteroatoms.